The molecule has 1 rings (SSSR count). The summed E-state index contributed by atoms with van der Waals surface area (Å²) in [6.45, 7) is 20.7. The van der Waals surface area contributed by atoms with Crippen LogP contribution in [0.3, 0.4) is 0 Å². The molecular weight excluding hydrogens is 428 g/mol. The minimum absolute atomic E-state index is 0.0367. The smallest absolute Gasteiger partial charge is 0.410 e. The maximum Gasteiger partial charge on any atom is 0.410 e. The summed E-state index contributed by atoms with van der Waals surface area (Å²) in [6.07, 6.45) is 0.394. The predicted octanol–water partition coefficient (Wildman–Crippen LogP) is 4.39. The Morgan fingerprint density at radius 2 is 1.84 bits per heavy atom. The molecule has 9 heteroatoms. The lowest BCUT2D eigenvalue weighted by atomic mass is 10.0. The van der Waals surface area contributed by atoms with Crippen LogP contribution in [0.15, 0.2) is 12.7 Å². The molecule has 1 aliphatic rings. The number of aliphatic hydroxyl groups is 1. The molecule has 1 fully saturated rings. The van der Waals surface area contributed by atoms with E-state index >= 15 is 0 Å². The van der Waals surface area contributed by atoms with Gasteiger partial charge in [0.1, 0.15) is 12.2 Å². The average Bonchev–Trinajstić information content (AvgIpc) is 3.04. The highest BCUT2D eigenvalue weighted by atomic mass is 28.4. The summed E-state index contributed by atoms with van der Waals surface area (Å²) < 4.78 is 17.2. The third-order valence-corrected chi connectivity index (χ3v) is 10.6. The SMILES string of the molecule is C=CCOC(=O)N(C)CC[C@@H](O)[C@@H]1C[C@@H](O[Si](C)(C)C(C)(C)C)CN1C(=O)OC(C)(C)C. The second kappa shape index (κ2) is 11.0. The molecule has 2 amide bonds. The molecule has 0 radical (unpaired) electrons. The molecular formula is C23H44N2O6Si. The van der Waals surface area contributed by atoms with Crippen molar-refractivity contribution in [3.63, 3.8) is 0 Å². The second-order valence-electron chi connectivity index (χ2n) is 11.1. The van der Waals surface area contributed by atoms with Crippen LogP contribution in [0.1, 0.15) is 54.4 Å². The number of amides is 2. The van der Waals surface area contributed by atoms with Gasteiger partial charge in [-0.3, -0.25) is 4.90 Å². The molecule has 0 unspecified atom stereocenters. The molecule has 0 spiro atoms. The predicted molar refractivity (Wildman–Crippen MR) is 128 cm³/mol. The standard InChI is InChI=1S/C23H44N2O6Si/c1-11-14-29-20(27)24(8)13-12-19(26)18-15-17(31-32(9,10)23(5,6)7)16-25(18)21(28)30-22(2,3)4/h11,17-19,26H,1,12-16H2,2-10H3/t17-,18+,19-/m1/s1. The van der Waals surface area contributed by atoms with E-state index in [1.165, 1.54) is 11.0 Å². The van der Waals surface area contributed by atoms with Gasteiger partial charge in [0.2, 0.25) is 0 Å². The number of hydrogen-bond acceptors (Lipinski definition) is 6. The zero-order valence-corrected chi connectivity index (χ0v) is 22.4. The summed E-state index contributed by atoms with van der Waals surface area (Å²) in [7, 11) is -0.435. The maximum atomic E-state index is 12.9. The van der Waals surface area contributed by atoms with Gasteiger partial charge in [-0.2, -0.15) is 0 Å². The van der Waals surface area contributed by atoms with E-state index in [1.807, 2.05) is 20.8 Å². The van der Waals surface area contributed by atoms with E-state index in [4.69, 9.17) is 13.9 Å². The monoisotopic (exact) mass is 472 g/mol. The van der Waals surface area contributed by atoms with Crippen LogP contribution in [0.5, 0.6) is 0 Å². The number of hydrogen-bond donors (Lipinski definition) is 1. The van der Waals surface area contributed by atoms with Crippen LogP contribution in [0.2, 0.25) is 18.1 Å². The molecule has 1 aliphatic heterocycles. The highest BCUT2D eigenvalue weighted by Gasteiger charge is 2.46. The highest BCUT2D eigenvalue weighted by molar-refractivity contribution is 6.74. The fraction of sp³-hybridized carbons (Fsp3) is 0.826. The Kier molecular flexibility index (Phi) is 9.80. The van der Waals surface area contributed by atoms with Gasteiger partial charge >= 0.3 is 12.2 Å². The summed E-state index contributed by atoms with van der Waals surface area (Å²) in [4.78, 5) is 27.8. The Morgan fingerprint density at radius 1 is 1.25 bits per heavy atom. The Balaban J connectivity index is 2.91. The van der Waals surface area contributed by atoms with Gasteiger partial charge in [-0.25, -0.2) is 9.59 Å². The van der Waals surface area contributed by atoms with E-state index in [1.54, 1.807) is 11.9 Å². The molecule has 1 saturated heterocycles. The summed E-state index contributed by atoms with van der Waals surface area (Å²) in [6, 6.07) is -0.447. The molecule has 0 bridgehead atoms. The molecule has 0 aromatic rings. The number of ether oxygens (including phenoxy) is 2. The molecule has 3 atom stereocenters. The van der Waals surface area contributed by atoms with Crippen molar-refractivity contribution in [3.05, 3.63) is 12.7 Å². The summed E-state index contributed by atoms with van der Waals surface area (Å²) >= 11 is 0. The molecule has 0 aliphatic carbocycles. The van der Waals surface area contributed by atoms with Crippen molar-refractivity contribution in [2.75, 3.05) is 26.7 Å². The third-order valence-electron chi connectivity index (χ3n) is 6.04. The molecule has 8 nitrogen and oxygen atoms in total. The summed E-state index contributed by atoms with van der Waals surface area (Å²) in [5.74, 6) is 0. The van der Waals surface area contributed by atoms with Crippen LogP contribution < -0.4 is 0 Å². The van der Waals surface area contributed by atoms with Gasteiger partial charge in [-0.15, -0.1) is 0 Å². The fourth-order valence-electron chi connectivity index (χ4n) is 3.25. The number of carbonyl (C=O) groups excluding carboxylic acids is 2. The third kappa shape index (κ3) is 8.40. The van der Waals surface area contributed by atoms with E-state index in [0.29, 0.717) is 25.9 Å². The van der Waals surface area contributed by atoms with Crippen LogP contribution in [-0.4, -0.2) is 86.0 Å². The van der Waals surface area contributed by atoms with Crippen molar-refractivity contribution < 1.29 is 28.6 Å². The Hall–Kier alpha value is -1.58. The van der Waals surface area contributed by atoms with Crippen molar-refractivity contribution in [3.8, 4) is 0 Å². The van der Waals surface area contributed by atoms with Gasteiger partial charge in [-0.1, -0.05) is 33.4 Å². The molecule has 0 saturated carbocycles. The molecule has 1 N–H and O–H groups in total. The number of rotatable bonds is 8. The van der Waals surface area contributed by atoms with Crippen LogP contribution >= 0.6 is 0 Å². The zero-order valence-electron chi connectivity index (χ0n) is 21.4. The number of aliphatic hydroxyl groups excluding tert-OH is 1. The normalized spacial score (nSPS) is 20.6. The number of nitrogens with zero attached hydrogens (tertiary/aromatic N) is 2. The van der Waals surface area contributed by atoms with Gasteiger partial charge in [0.25, 0.3) is 0 Å². The van der Waals surface area contributed by atoms with Crippen molar-refractivity contribution in [1.82, 2.24) is 9.80 Å². The van der Waals surface area contributed by atoms with E-state index in [0.717, 1.165) is 0 Å². The van der Waals surface area contributed by atoms with Crippen molar-refractivity contribution in [2.24, 2.45) is 0 Å². The van der Waals surface area contributed by atoms with Crippen molar-refractivity contribution in [1.29, 1.82) is 0 Å². The molecule has 0 aromatic carbocycles. The minimum Gasteiger partial charge on any atom is -0.445 e. The minimum atomic E-state index is -2.05. The van der Waals surface area contributed by atoms with Crippen LogP contribution in [0.25, 0.3) is 0 Å². The maximum absolute atomic E-state index is 12.9. The lowest BCUT2D eigenvalue weighted by Crippen LogP contribution is -2.46. The average molecular weight is 473 g/mol. The van der Waals surface area contributed by atoms with E-state index in [9.17, 15) is 14.7 Å². The van der Waals surface area contributed by atoms with Crippen LogP contribution in [0.4, 0.5) is 9.59 Å². The first-order valence-electron chi connectivity index (χ1n) is 11.3. The first kappa shape index (κ1) is 28.4. The highest BCUT2D eigenvalue weighted by Crippen LogP contribution is 2.39. The van der Waals surface area contributed by atoms with Crippen molar-refractivity contribution >= 4 is 20.5 Å². The number of carbonyl (C=O) groups is 2. The molecule has 32 heavy (non-hydrogen) atoms. The zero-order chi connectivity index (χ0) is 24.9. The quantitative estimate of drug-likeness (QED) is 0.416. The fourth-order valence-corrected chi connectivity index (χ4v) is 4.61. The summed E-state index contributed by atoms with van der Waals surface area (Å²) in [5.41, 5.74) is -0.639. The summed E-state index contributed by atoms with van der Waals surface area (Å²) in [5, 5.41) is 11.0. The molecule has 0 aromatic heterocycles. The van der Waals surface area contributed by atoms with Crippen molar-refractivity contribution in [2.45, 2.75) is 96.4 Å². The van der Waals surface area contributed by atoms with Gasteiger partial charge in [0, 0.05) is 20.1 Å². The van der Waals surface area contributed by atoms with Gasteiger partial charge in [0.15, 0.2) is 8.32 Å². The first-order valence-corrected chi connectivity index (χ1v) is 14.2. The number of likely N-dealkylation sites (tertiary alicyclic amines) is 1. The van der Waals surface area contributed by atoms with E-state index in [-0.39, 0.29) is 17.7 Å². The Labute approximate surface area is 195 Å². The topological polar surface area (TPSA) is 88.5 Å². The van der Waals surface area contributed by atoms with Crippen LogP contribution in [0, 0.1) is 0 Å². The largest absolute Gasteiger partial charge is 0.445 e. The van der Waals surface area contributed by atoms with Crippen LogP contribution in [-0.2, 0) is 13.9 Å². The molecule has 1 heterocycles. The van der Waals surface area contributed by atoms with E-state index in [2.05, 4.69) is 40.4 Å². The molecule has 186 valence electrons. The second-order valence-corrected chi connectivity index (χ2v) is 15.8. The van der Waals surface area contributed by atoms with E-state index < -0.39 is 38.3 Å². The first-order chi connectivity index (χ1) is 14.5. The van der Waals surface area contributed by atoms with Gasteiger partial charge in [0.05, 0.1) is 18.2 Å². The lowest BCUT2D eigenvalue weighted by molar-refractivity contribution is 0.00220. The Morgan fingerprint density at radius 3 is 2.34 bits per heavy atom. The Bertz CT molecular complexity index is 656. The van der Waals surface area contributed by atoms with Gasteiger partial charge < -0.3 is 23.9 Å². The van der Waals surface area contributed by atoms with Gasteiger partial charge in [-0.05, 0) is 51.7 Å². The lowest BCUT2D eigenvalue weighted by Gasteiger charge is -2.38.